The second-order valence-electron chi connectivity index (χ2n) is 3.98. The molecule has 0 saturated carbocycles. The molecule has 3 nitrogen and oxygen atoms in total. The molecule has 1 saturated heterocycles. The van der Waals surface area contributed by atoms with E-state index >= 15 is 0 Å². The van der Waals surface area contributed by atoms with Crippen molar-refractivity contribution in [1.29, 1.82) is 0 Å². The number of aromatic nitrogens is 1. The topological polar surface area (TPSA) is 19.4 Å². The Morgan fingerprint density at radius 2 is 1.93 bits per heavy atom. The van der Waals surface area contributed by atoms with Gasteiger partial charge in [0, 0.05) is 32.4 Å². The van der Waals surface area contributed by atoms with Crippen LogP contribution in [0.1, 0.15) is 5.56 Å². The quantitative estimate of drug-likeness (QED) is 0.663. The Bertz CT molecular complexity index is 303. The molecule has 0 N–H and O–H groups in total. The molecule has 1 fully saturated rings. The van der Waals surface area contributed by atoms with Crippen LogP contribution in [-0.4, -0.2) is 43.1 Å². The van der Waals surface area contributed by atoms with Gasteiger partial charge in [0.15, 0.2) is 0 Å². The average molecular weight is 191 g/mol. The molecule has 0 aliphatic carbocycles. The van der Waals surface area contributed by atoms with E-state index in [0.717, 1.165) is 32.0 Å². The number of hydrogen-bond donors (Lipinski definition) is 0. The number of anilines is 1. The molecule has 0 radical (unpaired) electrons. The van der Waals surface area contributed by atoms with Crippen molar-refractivity contribution in [3.63, 3.8) is 0 Å². The van der Waals surface area contributed by atoms with Gasteiger partial charge in [-0.1, -0.05) is 0 Å². The molecule has 1 aromatic rings. The molecule has 0 unspecified atom stereocenters. The van der Waals surface area contributed by atoms with Crippen LogP contribution in [-0.2, 0) is 0 Å². The number of aryl methyl sites for hydroxylation is 1. The highest BCUT2D eigenvalue weighted by Gasteiger charge is 2.14. The lowest BCUT2D eigenvalue weighted by Crippen LogP contribution is -2.44. The number of nitrogens with zero attached hydrogens (tertiary/aromatic N) is 3. The van der Waals surface area contributed by atoms with Crippen molar-refractivity contribution in [2.24, 2.45) is 0 Å². The predicted molar refractivity (Wildman–Crippen MR) is 58.7 cm³/mol. The normalized spacial score (nSPS) is 18.6. The van der Waals surface area contributed by atoms with Gasteiger partial charge in [-0.3, -0.25) is 0 Å². The summed E-state index contributed by atoms with van der Waals surface area (Å²) < 4.78 is 0. The van der Waals surface area contributed by atoms with Crippen molar-refractivity contribution in [2.45, 2.75) is 6.92 Å². The molecule has 2 rings (SSSR count). The number of pyridine rings is 1. The van der Waals surface area contributed by atoms with E-state index in [2.05, 4.69) is 34.8 Å². The van der Waals surface area contributed by atoms with Crippen LogP contribution in [0.15, 0.2) is 18.3 Å². The van der Waals surface area contributed by atoms with E-state index in [1.54, 1.807) is 0 Å². The number of piperazine rings is 1. The maximum Gasteiger partial charge on any atom is 0.128 e. The van der Waals surface area contributed by atoms with Crippen molar-refractivity contribution in [2.75, 3.05) is 38.1 Å². The minimum absolute atomic E-state index is 1.09. The van der Waals surface area contributed by atoms with E-state index < -0.39 is 0 Å². The van der Waals surface area contributed by atoms with Crippen LogP contribution in [0.4, 0.5) is 5.82 Å². The molecule has 1 aliphatic rings. The zero-order valence-electron chi connectivity index (χ0n) is 8.90. The standard InChI is InChI=1S/C11H17N3/c1-10-3-4-12-11(9-10)14-7-5-13(2)6-8-14/h3-4,9H,5-8H2,1-2H3. The van der Waals surface area contributed by atoms with Gasteiger partial charge >= 0.3 is 0 Å². The van der Waals surface area contributed by atoms with Crippen LogP contribution < -0.4 is 4.90 Å². The first-order chi connectivity index (χ1) is 6.75. The van der Waals surface area contributed by atoms with Crippen LogP contribution in [0.3, 0.4) is 0 Å². The zero-order chi connectivity index (χ0) is 9.97. The Morgan fingerprint density at radius 1 is 1.21 bits per heavy atom. The van der Waals surface area contributed by atoms with Crippen LogP contribution in [0, 0.1) is 6.92 Å². The first-order valence-corrected chi connectivity index (χ1v) is 5.12. The average Bonchev–Trinajstić information content (AvgIpc) is 2.19. The molecular formula is C11H17N3. The lowest BCUT2D eigenvalue weighted by molar-refractivity contribution is 0.312. The molecule has 1 aromatic heterocycles. The fraction of sp³-hybridized carbons (Fsp3) is 0.545. The van der Waals surface area contributed by atoms with Crippen LogP contribution >= 0.6 is 0 Å². The third kappa shape index (κ3) is 2.04. The van der Waals surface area contributed by atoms with Crippen LogP contribution in [0.5, 0.6) is 0 Å². The molecule has 2 heterocycles. The third-order valence-corrected chi connectivity index (χ3v) is 2.73. The second-order valence-corrected chi connectivity index (χ2v) is 3.98. The molecule has 0 amide bonds. The van der Waals surface area contributed by atoms with Crippen molar-refractivity contribution in [1.82, 2.24) is 9.88 Å². The molecule has 1 aliphatic heterocycles. The van der Waals surface area contributed by atoms with Crippen molar-refractivity contribution in [3.8, 4) is 0 Å². The number of hydrogen-bond acceptors (Lipinski definition) is 3. The fourth-order valence-electron chi connectivity index (χ4n) is 1.73. The summed E-state index contributed by atoms with van der Waals surface area (Å²) in [5.74, 6) is 1.12. The molecule has 0 bridgehead atoms. The molecule has 14 heavy (non-hydrogen) atoms. The first kappa shape index (κ1) is 9.46. The summed E-state index contributed by atoms with van der Waals surface area (Å²) >= 11 is 0. The van der Waals surface area contributed by atoms with E-state index in [1.807, 2.05) is 12.3 Å². The maximum atomic E-state index is 4.40. The fourth-order valence-corrected chi connectivity index (χ4v) is 1.73. The summed E-state index contributed by atoms with van der Waals surface area (Å²) in [5, 5.41) is 0. The summed E-state index contributed by atoms with van der Waals surface area (Å²) in [6.07, 6.45) is 1.89. The summed E-state index contributed by atoms with van der Waals surface area (Å²) in [7, 11) is 2.17. The van der Waals surface area contributed by atoms with Crippen LogP contribution in [0.25, 0.3) is 0 Å². The highest BCUT2D eigenvalue weighted by Crippen LogP contribution is 2.13. The second kappa shape index (κ2) is 3.96. The van der Waals surface area contributed by atoms with Gasteiger partial charge in [-0.25, -0.2) is 4.98 Å². The van der Waals surface area contributed by atoms with Gasteiger partial charge in [-0.05, 0) is 31.7 Å². The van der Waals surface area contributed by atoms with Gasteiger partial charge in [0.25, 0.3) is 0 Å². The summed E-state index contributed by atoms with van der Waals surface area (Å²) in [6, 6.07) is 4.20. The molecule has 0 spiro atoms. The Kier molecular flexibility index (Phi) is 2.68. The Morgan fingerprint density at radius 3 is 2.57 bits per heavy atom. The largest absolute Gasteiger partial charge is 0.354 e. The van der Waals surface area contributed by atoms with Gasteiger partial charge in [-0.15, -0.1) is 0 Å². The monoisotopic (exact) mass is 191 g/mol. The van der Waals surface area contributed by atoms with E-state index in [9.17, 15) is 0 Å². The minimum atomic E-state index is 1.09. The number of rotatable bonds is 1. The maximum absolute atomic E-state index is 4.40. The lowest BCUT2D eigenvalue weighted by Gasteiger charge is -2.33. The first-order valence-electron chi connectivity index (χ1n) is 5.12. The molecule has 3 heteroatoms. The highest BCUT2D eigenvalue weighted by atomic mass is 15.3. The van der Waals surface area contributed by atoms with E-state index in [4.69, 9.17) is 0 Å². The molecule has 0 atom stereocenters. The lowest BCUT2D eigenvalue weighted by atomic mass is 10.2. The molecule has 0 aromatic carbocycles. The highest BCUT2D eigenvalue weighted by molar-refractivity contribution is 5.41. The van der Waals surface area contributed by atoms with E-state index in [1.165, 1.54) is 5.56 Å². The van der Waals surface area contributed by atoms with Gasteiger partial charge in [-0.2, -0.15) is 0 Å². The van der Waals surface area contributed by atoms with Crippen LogP contribution in [0.2, 0.25) is 0 Å². The van der Waals surface area contributed by atoms with Crippen molar-refractivity contribution in [3.05, 3.63) is 23.9 Å². The Balaban J connectivity index is 2.08. The van der Waals surface area contributed by atoms with Gasteiger partial charge < -0.3 is 9.80 Å². The molecular weight excluding hydrogens is 174 g/mol. The summed E-state index contributed by atoms with van der Waals surface area (Å²) in [5.41, 5.74) is 1.29. The van der Waals surface area contributed by atoms with Crippen molar-refractivity contribution < 1.29 is 0 Å². The Labute approximate surface area is 85.4 Å². The summed E-state index contributed by atoms with van der Waals surface area (Å²) in [4.78, 5) is 9.10. The zero-order valence-corrected chi connectivity index (χ0v) is 8.90. The molecule has 76 valence electrons. The van der Waals surface area contributed by atoms with Gasteiger partial charge in [0.1, 0.15) is 5.82 Å². The SMILES string of the molecule is Cc1ccnc(N2CCN(C)CC2)c1. The Hall–Kier alpha value is -1.09. The summed E-state index contributed by atoms with van der Waals surface area (Å²) in [6.45, 7) is 6.56. The third-order valence-electron chi connectivity index (χ3n) is 2.73. The van der Waals surface area contributed by atoms with Gasteiger partial charge in [0.2, 0.25) is 0 Å². The van der Waals surface area contributed by atoms with Crippen molar-refractivity contribution >= 4 is 5.82 Å². The number of likely N-dealkylation sites (N-methyl/N-ethyl adjacent to an activating group) is 1. The predicted octanol–water partition coefficient (Wildman–Crippen LogP) is 1.14. The van der Waals surface area contributed by atoms with E-state index in [0.29, 0.717) is 0 Å². The van der Waals surface area contributed by atoms with E-state index in [-0.39, 0.29) is 0 Å². The van der Waals surface area contributed by atoms with Gasteiger partial charge in [0.05, 0.1) is 0 Å². The minimum Gasteiger partial charge on any atom is -0.354 e. The smallest absolute Gasteiger partial charge is 0.128 e.